The van der Waals surface area contributed by atoms with Gasteiger partial charge in [-0.2, -0.15) is 0 Å². The number of nitrogens with one attached hydrogen (secondary N) is 1. The SMILES string of the molecule is CCCNC(=O)[C@@H](C)N(Cc1cccc(OC)c1)C(=O)CN(c1ccccc1CC)S(C)(=O)=O. The van der Waals surface area contributed by atoms with Gasteiger partial charge in [0.2, 0.25) is 21.8 Å². The number of amides is 2. The Kier molecular flexibility index (Phi) is 9.92. The predicted molar refractivity (Wildman–Crippen MR) is 134 cm³/mol. The lowest BCUT2D eigenvalue weighted by molar-refractivity contribution is -0.139. The summed E-state index contributed by atoms with van der Waals surface area (Å²) >= 11 is 0. The van der Waals surface area contributed by atoms with E-state index in [2.05, 4.69) is 5.32 Å². The molecule has 1 atom stereocenters. The average Bonchev–Trinajstić information content (AvgIpc) is 2.83. The summed E-state index contributed by atoms with van der Waals surface area (Å²) in [4.78, 5) is 27.7. The summed E-state index contributed by atoms with van der Waals surface area (Å²) < 4.78 is 31.8. The van der Waals surface area contributed by atoms with Crippen LogP contribution in [0.1, 0.15) is 38.3 Å². The zero-order valence-electron chi connectivity index (χ0n) is 20.6. The van der Waals surface area contributed by atoms with E-state index in [1.165, 1.54) is 4.90 Å². The first-order valence-corrected chi connectivity index (χ1v) is 13.2. The van der Waals surface area contributed by atoms with E-state index in [9.17, 15) is 18.0 Å². The van der Waals surface area contributed by atoms with E-state index in [0.717, 1.165) is 28.1 Å². The van der Waals surface area contributed by atoms with Crippen LogP contribution in [0.15, 0.2) is 48.5 Å². The average molecular weight is 490 g/mol. The van der Waals surface area contributed by atoms with E-state index in [0.29, 0.717) is 24.4 Å². The second-order valence-electron chi connectivity index (χ2n) is 8.09. The summed E-state index contributed by atoms with van der Waals surface area (Å²) in [7, 11) is -2.20. The van der Waals surface area contributed by atoms with Crippen molar-refractivity contribution in [2.45, 2.75) is 46.2 Å². The van der Waals surface area contributed by atoms with E-state index in [1.807, 2.05) is 32.0 Å². The van der Waals surface area contributed by atoms with Gasteiger partial charge in [0.1, 0.15) is 18.3 Å². The van der Waals surface area contributed by atoms with E-state index in [4.69, 9.17) is 4.74 Å². The van der Waals surface area contributed by atoms with E-state index < -0.39 is 28.5 Å². The standard InChI is InChI=1S/C25H35N3O5S/c1-6-15-26-25(30)19(3)27(17-20-11-10-13-22(16-20)33-4)24(29)18-28(34(5,31)32)23-14-9-8-12-21(23)7-2/h8-14,16,19H,6-7,15,17-18H2,1-5H3,(H,26,30)/t19-/m1/s1. The molecule has 34 heavy (non-hydrogen) atoms. The smallest absolute Gasteiger partial charge is 0.244 e. The monoisotopic (exact) mass is 489 g/mol. The number of para-hydroxylation sites is 1. The molecule has 0 spiro atoms. The highest BCUT2D eigenvalue weighted by molar-refractivity contribution is 7.92. The fourth-order valence-electron chi connectivity index (χ4n) is 3.59. The fraction of sp³-hybridized carbons (Fsp3) is 0.440. The Morgan fingerprint density at radius 1 is 1.09 bits per heavy atom. The van der Waals surface area contributed by atoms with Gasteiger partial charge in [-0.25, -0.2) is 8.42 Å². The predicted octanol–water partition coefficient (Wildman–Crippen LogP) is 2.97. The van der Waals surface area contributed by atoms with Crippen molar-refractivity contribution in [1.29, 1.82) is 0 Å². The number of carbonyl (C=O) groups excluding carboxylic acids is 2. The molecule has 0 radical (unpaired) electrons. The van der Waals surface area contributed by atoms with Gasteiger partial charge >= 0.3 is 0 Å². The molecule has 9 heteroatoms. The van der Waals surface area contributed by atoms with E-state index in [-0.39, 0.29) is 12.5 Å². The maximum Gasteiger partial charge on any atom is 0.244 e. The molecule has 2 aromatic rings. The molecule has 0 fully saturated rings. The molecule has 0 aliphatic carbocycles. The number of nitrogens with zero attached hydrogens (tertiary/aromatic N) is 2. The van der Waals surface area contributed by atoms with E-state index in [1.54, 1.807) is 44.4 Å². The van der Waals surface area contributed by atoms with Crippen LogP contribution in [0.4, 0.5) is 5.69 Å². The molecular weight excluding hydrogens is 454 g/mol. The summed E-state index contributed by atoms with van der Waals surface area (Å²) in [5, 5.41) is 2.82. The van der Waals surface area contributed by atoms with Crippen molar-refractivity contribution in [3.05, 3.63) is 59.7 Å². The Bertz CT molecular complexity index is 1090. The molecule has 0 saturated heterocycles. The number of hydrogen-bond acceptors (Lipinski definition) is 5. The Morgan fingerprint density at radius 2 is 1.79 bits per heavy atom. The number of anilines is 1. The second-order valence-corrected chi connectivity index (χ2v) is 10.00. The molecule has 0 aromatic heterocycles. The summed E-state index contributed by atoms with van der Waals surface area (Å²) in [5.41, 5.74) is 2.04. The van der Waals surface area contributed by atoms with Crippen LogP contribution in [-0.4, -0.2) is 57.6 Å². The number of methoxy groups -OCH3 is 1. The highest BCUT2D eigenvalue weighted by atomic mass is 32.2. The highest BCUT2D eigenvalue weighted by Crippen LogP contribution is 2.24. The van der Waals surface area contributed by atoms with Gasteiger partial charge in [-0.3, -0.25) is 13.9 Å². The molecule has 1 N–H and O–H groups in total. The number of benzene rings is 2. The molecule has 0 unspecified atom stereocenters. The lowest BCUT2D eigenvalue weighted by Crippen LogP contribution is -2.51. The van der Waals surface area contributed by atoms with Crippen molar-refractivity contribution in [2.24, 2.45) is 0 Å². The first-order chi connectivity index (χ1) is 16.1. The third-order valence-corrected chi connectivity index (χ3v) is 6.65. The Morgan fingerprint density at radius 3 is 2.41 bits per heavy atom. The van der Waals surface area contributed by atoms with Crippen LogP contribution in [0.25, 0.3) is 0 Å². The minimum atomic E-state index is -3.76. The van der Waals surface area contributed by atoms with Crippen molar-refractivity contribution < 1.29 is 22.7 Å². The number of hydrogen-bond donors (Lipinski definition) is 1. The summed E-state index contributed by atoms with van der Waals surface area (Å²) in [6, 6.07) is 13.5. The minimum absolute atomic E-state index is 0.129. The lowest BCUT2D eigenvalue weighted by atomic mass is 10.1. The van der Waals surface area contributed by atoms with Crippen molar-refractivity contribution in [2.75, 3.05) is 30.8 Å². The Balaban J connectivity index is 2.42. The molecule has 0 aliphatic heterocycles. The molecule has 186 valence electrons. The number of aryl methyl sites for hydroxylation is 1. The van der Waals surface area contributed by atoms with Crippen molar-refractivity contribution in [1.82, 2.24) is 10.2 Å². The molecule has 0 aliphatic rings. The quantitative estimate of drug-likeness (QED) is 0.495. The van der Waals surface area contributed by atoms with Crippen LogP contribution < -0.4 is 14.4 Å². The van der Waals surface area contributed by atoms with Crippen LogP contribution >= 0.6 is 0 Å². The fourth-order valence-corrected chi connectivity index (χ4v) is 4.47. The lowest BCUT2D eigenvalue weighted by Gasteiger charge is -2.32. The molecule has 2 aromatic carbocycles. The largest absolute Gasteiger partial charge is 0.497 e. The topological polar surface area (TPSA) is 96.0 Å². The second kappa shape index (κ2) is 12.4. The van der Waals surface area contributed by atoms with E-state index >= 15 is 0 Å². The minimum Gasteiger partial charge on any atom is -0.497 e. The molecule has 0 bridgehead atoms. The van der Waals surface area contributed by atoms with Gasteiger partial charge in [-0.05, 0) is 49.1 Å². The van der Waals surface area contributed by atoms with Crippen LogP contribution in [0, 0.1) is 0 Å². The van der Waals surface area contributed by atoms with Gasteiger partial charge in [-0.15, -0.1) is 0 Å². The van der Waals surface area contributed by atoms with Gasteiger partial charge in [0.05, 0.1) is 19.1 Å². The third-order valence-electron chi connectivity index (χ3n) is 5.52. The third kappa shape index (κ3) is 7.21. The highest BCUT2D eigenvalue weighted by Gasteiger charge is 2.30. The van der Waals surface area contributed by atoms with Gasteiger partial charge in [0.25, 0.3) is 0 Å². The molecule has 8 nitrogen and oxygen atoms in total. The first kappa shape index (κ1) is 27.2. The van der Waals surface area contributed by atoms with Crippen LogP contribution in [0.3, 0.4) is 0 Å². The Hall–Kier alpha value is -3.07. The number of sulfonamides is 1. The molecule has 0 heterocycles. The van der Waals surface area contributed by atoms with Crippen LogP contribution in [-0.2, 0) is 32.6 Å². The summed E-state index contributed by atoms with van der Waals surface area (Å²) in [6.07, 6.45) is 2.45. The van der Waals surface area contributed by atoms with Crippen molar-refractivity contribution in [3.8, 4) is 5.75 Å². The maximum absolute atomic E-state index is 13.6. The van der Waals surface area contributed by atoms with Crippen molar-refractivity contribution in [3.63, 3.8) is 0 Å². The van der Waals surface area contributed by atoms with Gasteiger partial charge < -0.3 is 15.0 Å². The Labute approximate surface area is 202 Å². The number of ether oxygens (including phenoxy) is 1. The molecule has 0 saturated carbocycles. The maximum atomic E-state index is 13.6. The zero-order valence-corrected chi connectivity index (χ0v) is 21.4. The molecule has 2 rings (SSSR count). The van der Waals surface area contributed by atoms with Crippen LogP contribution in [0.5, 0.6) is 5.75 Å². The summed E-state index contributed by atoms with van der Waals surface area (Å²) in [5.74, 6) is -0.140. The summed E-state index contributed by atoms with van der Waals surface area (Å²) in [6.45, 7) is 5.72. The number of carbonyl (C=O) groups is 2. The zero-order chi connectivity index (χ0) is 25.3. The van der Waals surface area contributed by atoms with Crippen molar-refractivity contribution >= 4 is 27.5 Å². The van der Waals surface area contributed by atoms with Gasteiger partial charge in [0.15, 0.2) is 0 Å². The normalized spacial score (nSPS) is 12.0. The van der Waals surface area contributed by atoms with Gasteiger partial charge in [0, 0.05) is 13.1 Å². The number of rotatable bonds is 12. The van der Waals surface area contributed by atoms with Crippen LogP contribution in [0.2, 0.25) is 0 Å². The first-order valence-electron chi connectivity index (χ1n) is 11.4. The molecular formula is C25H35N3O5S. The molecule has 2 amide bonds. The van der Waals surface area contributed by atoms with Gasteiger partial charge in [-0.1, -0.05) is 44.2 Å².